The number of rotatable bonds is 1. The highest BCUT2D eigenvalue weighted by atomic mass is 79.9. The summed E-state index contributed by atoms with van der Waals surface area (Å²) in [7, 11) is 0. The molecule has 1 aliphatic rings. The predicted molar refractivity (Wildman–Crippen MR) is 49.0 cm³/mol. The van der Waals surface area contributed by atoms with Gasteiger partial charge in [0.15, 0.2) is 0 Å². The Kier molecular flexibility index (Phi) is 2.64. The van der Waals surface area contributed by atoms with Crippen molar-refractivity contribution >= 4 is 15.9 Å². The van der Waals surface area contributed by atoms with Crippen LogP contribution in [0, 0.1) is 5.95 Å². The molecule has 13 heavy (non-hydrogen) atoms. The summed E-state index contributed by atoms with van der Waals surface area (Å²) in [6.45, 7) is 1.39. The fourth-order valence-electron chi connectivity index (χ4n) is 1.51. The van der Waals surface area contributed by atoms with Crippen LogP contribution < -0.4 is 0 Å². The van der Waals surface area contributed by atoms with E-state index in [-0.39, 0.29) is 12.0 Å². The second-order valence-corrected chi connectivity index (χ2v) is 3.93. The molecule has 3 nitrogen and oxygen atoms in total. The molecule has 5 heteroatoms. The molecule has 2 rings (SSSR count). The summed E-state index contributed by atoms with van der Waals surface area (Å²) in [4.78, 5) is 0. The van der Waals surface area contributed by atoms with Crippen molar-refractivity contribution in [2.45, 2.75) is 18.9 Å². The Bertz CT molecular complexity index is 296. The number of hydrogen-bond acceptors (Lipinski definition) is 2. The lowest BCUT2D eigenvalue weighted by Gasteiger charge is -2.22. The second kappa shape index (κ2) is 3.75. The molecule has 0 bridgehead atoms. The van der Waals surface area contributed by atoms with E-state index in [0.717, 1.165) is 12.8 Å². The van der Waals surface area contributed by atoms with Crippen LogP contribution in [0.1, 0.15) is 18.9 Å². The van der Waals surface area contributed by atoms with Crippen molar-refractivity contribution in [1.82, 2.24) is 9.78 Å². The first kappa shape index (κ1) is 9.15. The highest BCUT2D eigenvalue weighted by molar-refractivity contribution is 9.10. The third-order valence-electron chi connectivity index (χ3n) is 2.23. The van der Waals surface area contributed by atoms with Crippen LogP contribution in [0.5, 0.6) is 0 Å². The Balaban J connectivity index is 2.18. The van der Waals surface area contributed by atoms with Gasteiger partial charge < -0.3 is 4.74 Å². The minimum absolute atomic E-state index is 0.153. The summed E-state index contributed by atoms with van der Waals surface area (Å²) in [6.07, 6.45) is 3.17. The van der Waals surface area contributed by atoms with Crippen LogP contribution in [-0.4, -0.2) is 23.0 Å². The quantitative estimate of drug-likeness (QED) is 0.762. The van der Waals surface area contributed by atoms with E-state index in [4.69, 9.17) is 4.74 Å². The van der Waals surface area contributed by atoms with Gasteiger partial charge in [0.05, 0.1) is 16.7 Å². The van der Waals surface area contributed by atoms with Gasteiger partial charge in [-0.05, 0) is 28.8 Å². The second-order valence-electron chi connectivity index (χ2n) is 3.07. The molecule has 1 aromatic heterocycles. The standard InChI is InChI=1S/C8H10BrFN2O/c9-7-5-11-12(8(7)10)6-1-3-13-4-2-6/h5-6H,1-4H2. The summed E-state index contributed by atoms with van der Waals surface area (Å²) in [5.74, 6) is -0.285. The van der Waals surface area contributed by atoms with E-state index in [1.165, 1.54) is 10.9 Å². The minimum atomic E-state index is -0.285. The molecule has 0 saturated carbocycles. The first-order valence-corrected chi connectivity index (χ1v) is 5.04. The zero-order chi connectivity index (χ0) is 9.26. The lowest BCUT2D eigenvalue weighted by atomic mass is 10.1. The topological polar surface area (TPSA) is 27.1 Å². The molecule has 1 aromatic rings. The van der Waals surface area contributed by atoms with Gasteiger partial charge in [0.25, 0.3) is 0 Å². The fraction of sp³-hybridized carbons (Fsp3) is 0.625. The Hall–Kier alpha value is -0.420. The first-order valence-electron chi connectivity index (χ1n) is 4.25. The Labute approximate surface area is 84.0 Å². The molecule has 1 fully saturated rings. The molecule has 0 spiro atoms. The van der Waals surface area contributed by atoms with Crippen molar-refractivity contribution < 1.29 is 9.13 Å². The summed E-state index contributed by atoms with van der Waals surface area (Å²) in [5.41, 5.74) is 0. The average Bonchev–Trinajstić information content (AvgIpc) is 2.49. The highest BCUT2D eigenvalue weighted by Gasteiger charge is 2.20. The SMILES string of the molecule is Fc1c(Br)cnn1C1CCOCC1. The number of aromatic nitrogens is 2. The smallest absolute Gasteiger partial charge is 0.226 e. The van der Waals surface area contributed by atoms with Gasteiger partial charge in [-0.25, -0.2) is 4.68 Å². The van der Waals surface area contributed by atoms with E-state index in [1.807, 2.05) is 0 Å². The van der Waals surface area contributed by atoms with Crippen LogP contribution >= 0.6 is 15.9 Å². The minimum Gasteiger partial charge on any atom is -0.381 e. The van der Waals surface area contributed by atoms with E-state index >= 15 is 0 Å². The molecule has 0 amide bonds. The highest BCUT2D eigenvalue weighted by Crippen LogP contribution is 2.24. The van der Waals surface area contributed by atoms with Gasteiger partial charge in [-0.1, -0.05) is 0 Å². The van der Waals surface area contributed by atoms with Crippen molar-refractivity contribution in [3.63, 3.8) is 0 Å². The Morgan fingerprint density at radius 2 is 2.23 bits per heavy atom. The van der Waals surface area contributed by atoms with Crippen molar-refractivity contribution in [2.24, 2.45) is 0 Å². The number of halogens is 2. The monoisotopic (exact) mass is 248 g/mol. The maximum absolute atomic E-state index is 13.4. The van der Waals surface area contributed by atoms with Gasteiger partial charge in [0.2, 0.25) is 5.95 Å². The van der Waals surface area contributed by atoms with E-state index < -0.39 is 0 Å². The van der Waals surface area contributed by atoms with Crippen LogP contribution in [0.3, 0.4) is 0 Å². The summed E-state index contributed by atoms with van der Waals surface area (Å²) >= 11 is 3.09. The van der Waals surface area contributed by atoms with Crippen LogP contribution in [0.25, 0.3) is 0 Å². The molecule has 2 heterocycles. The number of ether oxygens (including phenoxy) is 1. The fourth-order valence-corrected chi connectivity index (χ4v) is 1.78. The van der Waals surface area contributed by atoms with Crippen LogP contribution in [-0.2, 0) is 4.74 Å². The van der Waals surface area contributed by atoms with Crippen molar-refractivity contribution in [3.8, 4) is 0 Å². The van der Waals surface area contributed by atoms with Gasteiger partial charge >= 0.3 is 0 Å². The van der Waals surface area contributed by atoms with Crippen molar-refractivity contribution in [3.05, 3.63) is 16.6 Å². The maximum atomic E-state index is 13.4. The third-order valence-corrected chi connectivity index (χ3v) is 2.76. The Morgan fingerprint density at radius 1 is 1.54 bits per heavy atom. The third kappa shape index (κ3) is 1.76. The lowest BCUT2D eigenvalue weighted by molar-refractivity contribution is 0.0627. The van der Waals surface area contributed by atoms with Crippen LogP contribution in [0.2, 0.25) is 0 Å². The zero-order valence-electron chi connectivity index (χ0n) is 7.04. The van der Waals surface area contributed by atoms with Crippen molar-refractivity contribution in [2.75, 3.05) is 13.2 Å². The predicted octanol–water partition coefficient (Wildman–Crippen LogP) is 2.14. The molecular formula is C8H10BrFN2O. The average molecular weight is 249 g/mol. The summed E-state index contributed by atoms with van der Waals surface area (Å²) in [6, 6.07) is 0.153. The van der Waals surface area contributed by atoms with E-state index in [9.17, 15) is 4.39 Å². The largest absolute Gasteiger partial charge is 0.381 e. The lowest BCUT2D eigenvalue weighted by Crippen LogP contribution is -2.21. The van der Waals surface area contributed by atoms with Gasteiger partial charge in [0.1, 0.15) is 0 Å². The molecule has 72 valence electrons. The number of hydrogen-bond donors (Lipinski definition) is 0. The van der Waals surface area contributed by atoms with E-state index in [0.29, 0.717) is 17.7 Å². The molecular weight excluding hydrogens is 239 g/mol. The van der Waals surface area contributed by atoms with E-state index in [1.54, 1.807) is 0 Å². The molecule has 0 atom stereocenters. The molecule has 0 N–H and O–H groups in total. The molecule has 1 saturated heterocycles. The van der Waals surface area contributed by atoms with Crippen molar-refractivity contribution in [1.29, 1.82) is 0 Å². The molecule has 0 aromatic carbocycles. The normalized spacial score (nSPS) is 19.2. The van der Waals surface area contributed by atoms with Gasteiger partial charge in [-0.2, -0.15) is 9.49 Å². The maximum Gasteiger partial charge on any atom is 0.226 e. The van der Waals surface area contributed by atoms with Crippen LogP contribution in [0.4, 0.5) is 4.39 Å². The van der Waals surface area contributed by atoms with Gasteiger partial charge in [-0.15, -0.1) is 0 Å². The molecule has 1 aliphatic heterocycles. The zero-order valence-corrected chi connectivity index (χ0v) is 8.63. The van der Waals surface area contributed by atoms with Gasteiger partial charge in [-0.3, -0.25) is 0 Å². The molecule has 0 aliphatic carbocycles. The Morgan fingerprint density at radius 3 is 2.77 bits per heavy atom. The van der Waals surface area contributed by atoms with Gasteiger partial charge in [0, 0.05) is 13.2 Å². The van der Waals surface area contributed by atoms with E-state index in [2.05, 4.69) is 21.0 Å². The number of nitrogens with zero attached hydrogens (tertiary/aromatic N) is 2. The molecule has 0 unspecified atom stereocenters. The summed E-state index contributed by atoms with van der Waals surface area (Å²) in [5, 5.41) is 3.98. The first-order chi connectivity index (χ1) is 6.29. The molecule has 0 radical (unpaired) electrons. The van der Waals surface area contributed by atoms with Crippen LogP contribution in [0.15, 0.2) is 10.7 Å². The summed E-state index contributed by atoms with van der Waals surface area (Å²) < 4.78 is 20.4.